The number of aliphatic hydroxyl groups excluding tert-OH is 1. The molecule has 1 atom stereocenters. The Morgan fingerprint density at radius 1 is 1.39 bits per heavy atom. The van der Waals surface area contributed by atoms with Gasteiger partial charge in [-0.25, -0.2) is 0 Å². The summed E-state index contributed by atoms with van der Waals surface area (Å²) in [6.45, 7) is 6.28. The van der Waals surface area contributed by atoms with Gasteiger partial charge in [0.2, 0.25) is 0 Å². The van der Waals surface area contributed by atoms with Crippen molar-refractivity contribution in [3.63, 3.8) is 0 Å². The van der Waals surface area contributed by atoms with Gasteiger partial charge < -0.3 is 9.84 Å². The second-order valence-corrected chi connectivity index (χ2v) is 4.69. The Kier molecular flexibility index (Phi) is 5.09. The fourth-order valence-corrected chi connectivity index (χ4v) is 1.51. The number of aliphatic hydroxyl groups is 1. The van der Waals surface area contributed by atoms with Crippen molar-refractivity contribution in [2.24, 2.45) is 5.92 Å². The first-order valence-electron chi connectivity index (χ1n) is 6.01. The minimum atomic E-state index is -0.793. The summed E-state index contributed by atoms with van der Waals surface area (Å²) >= 11 is 0. The predicted molar refractivity (Wildman–Crippen MR) is 68.7 cm³/mol. The van der Waals surface area contributed by atoms with Crippen LogP contribution in [-0.2, 0) is 0 Å². The van der Waals surface area contributed by atoms with Gasteiger partial charge in [0.1, 0.15) is 5.75 Å². The Morgan fingerprint density at radius 2 is 2.06 bits per heavy atom. The van der Waals surface area contributed by atoms with Crippen LogP contribution in [0.4, 0.5) is 5.69 Å². The number of nitrogens with zero attached hydrogens (tertiary/aromatic N) is 1. The summed E-state index contributed by atoms with van der Waals surface area (Å²) in [5, 5.41) is 20.3. The Bertz CT molecular complexity index is 415. The zero-order chi connectivity index (χ0) is 13.7. The Hall–Kier alpha value is -1.62. The van der Waals surface area contributed by atoms with Crippen LogP contribution in [-0.4, -0.2) is 16.6 Å². The molecule has 0 radical (unpaired) electrons. The Balaban J connectivity index is 2.86. The van der Waals surface area contributed by atoms with E-state index in [9.17, 15) is 15.2 Å². The number of hydrogen-bond acceptors (Lipinski definition) is 4. The molecule has 1 aromatic rings. The molecule has 0 aliphatic carbocycles. The monoisotopic (exact) mass is 253 g/mol. The van der Waals surface area contributed by atoms with Gasteiger partial charge in [-0.2, -0.15) is 0 Å². The van der Waals surface area contributed by atoms with Gasteiger partial charge in [0.05, 0.1) is 17.6 Å². The van der Waals surface area contributed by atoms with E-state index in [0.29, 0.717) is 23.8 Å². The summed E-state index contributed by atoms with van der Waals surface area (Å²) in [5.74, 6) is 1.04. The van der Waals surface area contributed by atoms with Crippen molar-refractivity contribution in [2.75, 3.05) is 6.61 Å². The minimum absolute atomic E-state index is 0.0397. The molecule has 0 aliphatic heterocycles. The number of ether oxygens (including phenoxy) is 1. The molecule has 5 nitrogen and oxygen atoms in total. The molecule has 0 unspecified atom stereocenters. The number of benzene rings is 1. The Morgan fingerprint density at radius 3 is 2.56 bits per heavy atom. The first-order valence-corrected chi connectivity index (χ1v) is 6.01. The van der Waals surface area contributed by atoms with Crippen molar-refractivity contribution in [2.45, 2.75) is 33.3 Å². The third-order valence-electron chi connectivity index (χ3n) is 2.61. The molecule has 1 aromatic carbocycles. The smallest absolute Gasteiger partial charge is 0.270 e. The molecule has 0 aliphatic rings. The van der Waals surface area contributed by atoms with Gasteiger partial charge in [0.15, 0.2) is 0 Å². The summed E-state index contributed by atoms with van der Waals surface area (Å²) in [5.41, 5.74) is 0.412. The van der Waals surface area contributed by atoms with Crippen LogP contribution in [0.1, 0.15) is 38.9 Å². The normalized spacial score (nSPS) is 12.5. The largest absolute Gasteiger partial charge is 0.493 e. The summed E-state index contributed by atoms with van der Waals surface area (Å²) in [6, 6.07) is 4.28. The van der Waals surface area contributed by atoms with E-state index in [0.717, 1.165) is 6.42 Å². The van der Waals surface area contributed by atoms with Crippen LogP contribution in [0.2, 0.25) is 0 Å². The summed E-state index contributed by atoms with van der Waals surface area (Å²) in [4.78, 5) is 10.2. The minimum Gasteiger partial charge on any atom is -0.493 e. The molecule has 0 saturated carbocycles. The Labute approximate surface area is 107 Å². The van der Waals surface area contributed by atoms with E-state index in [-0.39, 0.29) is 5.69 Å². The van der Waals surface area contributed by atoms with E-state index in [4.69, 9.17) is 4.74 Å². The maximum atomic E-state index is 10.7. The zero-order valence-electron chi connectivity index (χ0n) is 10.9. The van der Waals surface area contributed by atoms with E-state index in [2.05, 4.69) is 13.8 Å². The van der Waals surface area contributed by atoms with Crippen LogP contribution < -0.4 is 4.74 Å². The van der Waals surface area contributed by atoms with E-state index in [1.54, 1.807) is 13.0 Å². The first kappa shape index (κ1) is 14.4. The molecule has 0 heterocycles. The molecule has 1 rings (SSSR count). The molecular weight excluding hydrogens is 234 g/mol. The topological polar surface area (TPSA) is 72.6 Å². The maximum absolute atomic E-state index is 10.7. The van der Waals surface area contributed by atoms with E-state index in [1.807, 2.05) is 0 Å². The number of non-ortho nitro benzene ring substituents is 1. The van der Waals surface area contributed by atoms with Crippen molar-refractivity contribution in [1.29, 1.82) is 0 Å². The first-order chi connectivity index (χ1) is 8.41. The average molecular weight is 253 g/mol. The van der Waals surface area contributed by atoms with Crippen LogP contribution in [0.5, 0.6) is 5.75 Å². The average Bonchev–Trinajstić information content (AvgIpc) is 2.28. The van der Waals surface area contributed by atoms with Crippen molar-refractivity contribution >= 4 is 5.69 Å². The van der Waals surface area contributed by atoms with E-state index < -0.39 is 11.0 Å². The van der Waals surface area contributed by atoms with Crippen molar-refractivity contribution < 1.29 is 14.8 Å². The van der Waals surface area contributed by atoms with Crippen LogP contribution in [0, 0.1) is 16.0 Å². The molecule has 18 heavy (non-hydrogen) atoms. The second-order valence-electron chi connectivity index (χ2n) is 4.69. The van der Waals surface area contributed by atoms with Gasteiger partial charge in [-0.05, 0) is 25.3 Å². The number of nitro groups is 1. The molecule has 0 fully saturated rings. The van der Waals surface area contributed by atoms with Crippen LogP contribution in [0.15, 0.2) is 18.2 Å². The van der Waals surface area contributed by atoms with Crippen LogP contribution in [0.25, 0.3) is 0 Å². The molecule has 1 N–H and O–H groups in total. The highest BCUT2D eigenvalue weighted by atomic mass is 16.6. The van der Waals surface area contributed by atoms with Gasteiger partial charge in [0, 0.05) is 17.7 Å². The highest BCUT2D eigenvalue weighted by molar-refractivity contribution is 5.44. The fraction of sp³-hybridized carbons (Fsp3) is 0.538. The van der Waals surface area contributed by atoms with Crippen LogP contribution >= 0.6 is 0 Å². The second kappa shape index (κ2) is 6.35. The fourth-order valence-electron chi connectivity index (χ4n) is 1.51. The lowest BCUT2D eigenvalue weighted by molar-refractivity contribution is -0.385. The van der Waals surface area contributed by atoms with Gasteiger partial charge in [-0.1, -0.05) is 13.8 Å². The number of rotatable bonds is 6. The molecule has 5 heteroatoms. The summed E-state index contributed by atoms with van der Waals surface area (Å²) in [7, 11) is 0. The zero-order valence-corrected chi connectivity index (χ0v) is 10.9. The maximum Gasteiger partial charge on any atom is 0.270 e. The molecule has 0 spiro atoms. The molecule has 100 valence electrons. The van der Waals surface area contributed by atoms with Crippen molar-refractivity contribution in [3.05, 3.63) is 33.9 Å². The van der Waals surface area contributed by atoms with Gasteiger partial charge in [-0.3, -0.25) is 10.1 Å². The quantitative estimate of drug-likeness (QED) is 0.624. The SMILES string of the molecule is CC(C)CCOc1ccc([N+](=O)[O-])cc1[C@H](C)O. The predicted octanol–water partition coefficient (Wildman–Crippen LogP) is 3.07. The lowest BCUT2D eigenvalue weighted by Gasteiger charge is -2.14. The number of nitro benzene ring substituents is 1. The van der Waals surface area contributed by atoms with Crippen molar-refractivity contribution in [1.82, 2.24) is 0 Å². The standard InChI is InChI=1S/C13H19NO4/c1-9(2)6-7-18-13-5-4-11(14(16)17)8-12(13)10(3)15/h4-5,8-10,15H,6-7H2,1-3H3/t10-/m0/s1. The third kappa shape index (κ3) is 4.00. The molecule has 0 aromatic heterocycles. The van der Waals surface area contributed by atoms with Gasteiger partial charge >= 0.3 is 0 Å². The lowest BCUT2D eigenvalue weighted by atomic mass is 10.1. The molecule has 0 bridgehead atoms. The highest BCUT2D eigenvalue weighted by Gasteiger charge is 2.15. The molecule has 0 saturated heterocycles. The van der Waals surface area contributed by atoms with Gasteiger partial charge in [0.25, 0.3) is 5.69 Å². The van der Waals surface area contributed by atoms with Gasteiger partial charge in [-0.15, -0.1) is 0 Å². The highest BCUT2D eigenvalue weighted by Crippen LogP contribution is 2.29. The van der Waals surface area contributed by atoms with Crippen LogP contribution in [0.3, 0.4) is 0 Å². The van der Waals surface area contributed by atoms with E-state index in [1.165, 1.54) is 12.1 Å². The van der Waals surface area contributed by atoms with Crippen molar-refractivity contribution in [3.8, 4) is 5.75 Å². The summed E-state index contributed by atoms with van der Waals surface area (Å²) in [6.07, 6.45) is 0.106. The summed E-state index contributed by atoms with van der Waals surface area (Å²) < 4.78 is 5.56. The lowest BCUT2D eigenvalue weighted by Crippen LogP contribution is -2.05. The third-order valence-corrected chi connectivity index (χ3v) is 2.61. The van der Waals surface area contributed by atoms with E-state index >= 15 is 0 Å². The molecule has 0 amide bonds. The molecular formula is C13H19NO4. The number of hydrogen-bond donors (Lipinski definition) is 1.